The van der Waals surface area contributed by atoms with Crippen LogP contribution in [-0.4, -0.2) is 30.6 Å². The summed E-state index contributed by atoms with van der Waals surface area (Å²) >= 11 is 0. The quantitative estimate of drug-likeness (QED) is 0.659. The molecule has 0 bridgehead atoms. The van der Waals surface area contributed by atoms with E-state index in [0.717, 1.165) is 53.8 Å². The number of piperidine rings is 1. The van der Waals surface area contributed by atoms with Gasteiger partial charge in [-0.15, -0.1) is 0 Å². The lowest BCUT2D eigenvalue weighted by Gasteiger charge is -2.34. The number of benzene rings is 2. The number of carbonyl (C=O) groups excluding carboxylic acids is 1. The van der Waals surface area contributed by atoms with Crippen molar-refractivity contribution in [3.05, 3.63) is 65.9 Å². The molecule has 1 amide bonds. The molecule has 0 atom stereocenters. The molecule has 31 heavy (non-hydrogen) atoms. The van der Waals surface area contributed by atoms with Gasteiger partial charge in [-0.05, 0) is 43.5 Å². The van der Waals surface area contributed by atoms with Crippen LogP contribution in [0, 0.1) is 17.2 Å². The summed E-state index contributed by atoms with van der Waals surface area (Å²) in [5, 5.41) is 13.7. The predicted octanol–water partition coefficient (Wildman–Crippen LogP) is 4.04. The number of hydrogen-bond donors (Lipinski definition) is 1. The fraction of sp³-hybridized carbons (Fsp3) is 0.320. The number of anilines is 1. The third kappa shape index (κ3) is 4.61. The van der Waals surface area contributed by atoms with Crippen LogP contribution in [0.2, 0.25) is 0 Å². The van der Waals surface area contributed by atoms with Gasteiger partial charge in [0.1, 0.15) is 11.8 Å². The van der Waals surface area contributed by atoms with E-state index in [1.807, 2.05) is 55.5 Å². The lowest BCUT2D eigenvalue weighted by atomic mass is 9.94. The second-order valence-electron chi connectivity index (χ2n) is 7.71. The Bertz CT molecular complexity index is 1100. The van der Waals surface area contributed by atoms with Crippen LogP contribution in [0.1, 0.15) is 30.9 Å². The van der Waals surface area contributed by atoms with Crippen LogP contribution in [0.4, 0.5) is 5.69 Å². The molecule has 4 rings (SSSR count). The van der Waals surface area contributed by atoms with Gasteiger partial charge in [-0.25, -0.2) is 0 Å². The van der Waals surface area contributed by atoms with Gasteiger partial charge < -0.3 is 15.0 Å². The third-order valence-corrected chi connectivity index (χ3v) is 5.73. The Balaban J connectivity index is 1.48. The van der Waals surface area contributed by atoms with Crippen molar-refractivity contribution in [2.24, 2.45) is 5.92 Å². The smallest absolute Gasteiger partial charge is 0.223 e. The molecule has 1 saturated heterocycles. The first kappa shape index (κ1) is 20.7. The zero-order valence-corrected chi connectivity index (χ0v) is 17.7. The first-order valence-electron chi connectivity index (χ1n) is 10.7. The molecule has 1 N–H and O–H groups in total. The highest BCUT2D eigenvalue weighted by Crippen LogP contribution is 2.34. The highest BCUT2D eigenvalue weighted by atomic mass is 16.5. The molecule has 6 heteroatoms. The molecule has 1 aliphatic heterocycles. The van der Waals surface area contributed by atoms with Gasteiger partial charge in [-0.3, -0.25) is 9.78 Å². The summed E-state index contributed by atoms with van der Waals surface area (Å²) in [5.74, 6) is 0.850. The van der Waals surface area contributed by atoms with E-state index in [1.165, 1.54) is 0 Å². The van der Waals surface area contributed by atoms with Gasteiger partial charge in [0, 0.05) is 37.1 Å². The number of rotatable bonds is 6. The molecular weight excluding hydrogens is 388 g/mol. The number of carbonyl (C=O) groups is 1. The summed E-state index contributed by atoms with van der Waals surface area (Å²) in [6.45, 7) is 4.51. The molecule has 3 aromatic rings. The van der Waals surface area contributed by atoms with Crippen LogP contribution >= 0.6 is 0 Å². The Morgan fingerprint density at radius 1 is 1.23 bits per heavy atom. The molecule has 2 heterocycles. The SMILES string of the molecule is CCOc1ccc2ncc(C#N)c(N3CCC(C(=O)NCc4ccccc4)CC3)c2c1. The third-order valence-electron chi connectivity index (χ3n) is 5.73. The first-order chi connectivity index (χ1) is 15.2. The van der Waals surface area contributed by atoms with E-state index in [9.17, 15) is 10.1 Å². The average Bonchev–Trinajstić information content (AvgIpc) is 2.82. The zero-order valence-electron chi connectivity index (χ0n) is 17.7. The largest absolute Gasteiger partial charge is 0.494 e. The first-order valence-corrected chi connectivity index (χ1v) is 10.7. The van der Waals surface area contributed by atoms with Gasteiger partial charge in [-0.1, -0.05) is 30.3 Å². The van der Waals surface area contributed by atoms with Crippen molar-refractivity contribution in [1.82, 2.24) is 10.3 Å². The minimum Gasteiger partial charge on any atom is -0.494 e. The van der Waals surface area contributed by atoms with Gasteiger partial charge in [0.25, 0.3) is 0 Å². The summed E-state index contributed by atoms with van der Waals surface area (Å²) in [5.41, 5.74) is 3.37. The second-order valence-corrected chi connectivity index (χ2v) is 7.71. The molecule has 2 aromatic carbocycles. The van der Waals surface area contributed by atoms with E-state index in [0.29, 0.717) is 18.7 Å². The van der Waals surface area contributed by atoms with Crippen molar-refractivity contribution in [2.75, 3.05) is 24.6 Å². The molecule has 6 nitrogen and oxygen atoms in total. The van der Waals surface area contributed by atoms with Gasteiger partial charge in [0.2, 0.25) is 5.91 Å². The molecular formula is C25H26N4O2. The highest BCUT2D eigenvalue weighted by molar-refractivity contribution is 5.95. The van der Waals surface area contributed by atoms with Gasteiger partial charge in [0.05, 0.1) is 23.4 Å². The van der Waals surface area contributed by atoms with E-state index in [-0.39, 0.29) is 11.8 Å². The fourth-order valence-electron chi connectivity index (χ4n) is 4.13. The fourth-order valence-corrected chi connectivity index (χ4v) is 4.13. The van der Waals surface area contributed by atoms with Gasteiger partial charge in [-0.2, -0.15) is 5.26 Å². The number of nitrogens with zero attached hydrogens (tertiary/aromatic N) is 3. The molecule has 0 unspecified atom stereocenters. The van der Waals surface area contributed by atoms with Crippen LogP contribution in [0.5, 0.6) is 5.75 Å². The molecule has 1 aliphatic rings. The lowest BCUT2D eigenvalue weighted by molar-refractivity contribution is -0.125. The molecule has 1 aromatic heterocycles. The van der Waals surface area contributed by atoms with E-state index in [4.69, 9.17) is 4.74 Å². The number of nitriles is 1. The summed E-state index contributed by atoms with van der Waals surface area (Å²) < 4.78 is 5.66. The van der Waals surface area contributed by atoms with Crippen molar-refractivity contribution in [1.29, 1.82) is 5.26 Å². The second kappa shape index (κ2) is 9.48. The predicted molar refractivity (Wildman–Crippen MR) is 121 cm³/mol. The van der Waals surface area contributed by atoms with Crippen molar-refractivity contribution in [3.63, 3.8) is 0 Å². The number of aromatic nitrogens is 1. The number of fused-ring (bicyclic) bond motifs is 1. The summed E-state index contributed by atoms with van der Waals surface area (Å²) in [6, 6.07) is 18.0. The van der Waals surface area contributed by atoms with Crippen molar-refractivity contribution in [3.8, 4) is 11.8 Å². The number of amides is 1. The Kier molecular flexibility index (Phi) is 6.32. The summed E-state index contributed by atoms with van der Waals surface area (Å²) in [6.07, 6.45) is 3.14. The number of nitrogens with one attached hydrogen (secondary N) is 1. The average molecular weight is 415 g/mol. The maximum Gasteiger partial charge on any atom is 0.223 e. The van der Waals surface area contributed by atoms with Crippen molar-refractivity contribution >= 4 is 22.5 Å². The number of pyridine rings is 1. The van der Waals surface area contributed by atoms with Gasteiger partial charge >= 0.3 is 0 Å². The summed E-state index contributed by atoms with van der Waals surface area (Å²) in [7, 11) is 0. The Hall–Kier alpha value is -3.59. The number of hydrogen-bond acceptors (Lipinski definition) is 5. The minimum atomic E-state index is -0.0161. The highest BCUT2D eigenvalue weighted by Gasteiger charge is 2.27. The van der Waals surface area contributed by atoms with Crippen LogP contribution in [0.15, 0.2) is 54.7 Å². The molecule has 158 valence electrons. The molecule has 0 saturated carbocycles. The summed E-state index contributed by atoms with van der Waals surface area (Å²) in [4.78, 5) is 19.3. The molecule has 0 spiro atoms. The Morgan fingerprint density at radius 2 is 2.00 bits per heavy atom. The van der Waals surface area contributed by atoms with Gasteiger partial charge in [0.15, 0.2) is 0 Å². The standard InChI is InChI=1S/C25H26N4O2/c1-2-31-21-8-9-23-22(14-21)24(20(15-26)17-27-23)29-12-10-19(11-13-29)25(30)28-16-18-6-4-3-5-7-18/h3-9,14,17,19H,2,10-13,16H2,1H3,(H,28,30). The van der Waals surface area contributed by atoms with Crippen molar-refractivity contribution < 1.29 is 9.53 Å². The van der Waals surface area contributed by atoms with Crippen LogP contribution in [0.3, 0.4) is 0 Å². The molecule has 0 radical (unpaired) electrons. The van der Waals surface area contributed by atoms with E-state index >= 15 is 0 Å². The lowest BCUT2D eigenvalue weighted by Crippen LogP contribution is -2.40. The van der Waals surface area contributed by atoms with Crippen LogP contribution in [-0.2, 0) is 11.3 Å². The van der Waals surface area contributed by atoms with E-state index in [2.05, 4.69) is 21.3 Å². The Morgan fingerprint density at radius 3 is 2.71 bits per heavy atom. The monoisotopic (exact) mass is 414 g/mol. The maximum absolute atomic E-state index is 12.7. The normalized spacial score (nSPS) is 14.3. The van der Waals surface area contributed by atoms with Crippen LogP contribution < -0.4 is 15.0 Å². The van der Waals surface area contributed by atoms with Crippen molar-refractivity contribution in [2.45, 2.75) is 26.3 Å². The minimum absolute atomic E-state index is 0.0161. The van der Waals surface area contributed by atoms with Crippen LogP contribution in [0.25, 0.3) is 10.9 Å². The zero-order chi connectivity index (χ0) is 21.6. The topological polar surface area (TPSA) is 78.2 Å². The van der Waals surface area contributed by atoms with E-state index in [1.54, 1.807) is 6.20 Å². The Labute approximate surface area is 182 Å². The maximum atomic E-state index is 12.7. The van der Waals surface area contributed by atoms with E-state index < -0.39 is 0 Å². The number of ether oxygens (including phenoxy) is 1. The molecule has 0 aliphatic carbocycles. The molecule has 1 fully saturated rings.